The van der Waals surface area contributed by atoms with Gasteiger partial charge in [-0.15, -0.1) is 0 Å². The second-order valence-electron chi connectivity index (χ2n) is 6.66. The summed E-state index contributed by atoms with van der Waals surface area (Å²) < 4.78 is 24.7. The number of nitrogens with one attached hydrogen (secondary N) is 1. The first-order chi connectivity index (χ1) is 14.4. The van der Waals surface area contributed by atoms with Crippen LogP contribution in [0.15, 0.2) is 24.8 Å². The average Bonchev–Trinajstić information content (AvgIpc) is 3.19. The third-order valence-electron chi connectivity index (χ3n) is 4.51. The Balaban J connectivity index is 2.27. The van der Waals surface area contributed by atoms with Crippen LogP contribution >= 0.6 is 0 Å². The van der Waals surface area contributed by atoms with E-state index in [4.69, 9.17) is 14.6 Å². The van der Waals surface area contributed by atoms with Gasteiger partial charge in [-0.1, -0.05) is 12.7 Å². The number of benzene rings is 1. The van der Waals surface area contributed by atoms with Crippen LogP contribution in [0.1, 0.15) is 36.0 Å². The second kappa shape index (κ2) is 11.1. The minimum absolute atomic E-state index is 0.0210. The summed E-state index contributed by atoms with van der Waals surface area (Å²) in [5.41, 5.74) is -0.131. The normalized spacial score (nSPS) is 15.5. The highest BCUT2D eigenvalue weighted by atomic mass is 19.1. The fourth-order valence-electron chi connectivity index (χ4n) is 3.08. The summed E-state index contributed by atoms with van der Waals surface area (Å²) in [7, 11) is 0. The highest BCUT2D eigenvalue weighted by molar-refractivity contribution is 6.03. The summed E-state index contributed by atoms with van der Waals surface area (Å²) in [6.07, 6.45) is 1.84. The topological polar surface area (TPSA) is 125 Å². The molecule has 1 atom stereocenters. The van der Waals surface area contributed by atoms with Crippen molar-refractivity contribution in [2.24, 2.45) is 0 Å². The molecule has 0 bridgehead atoms. The van der Waals surface area contributed by atoms with Crippen molar-refractivity contribution in [3.63, 3.8) is 0 Å². The van der Waals surface area contributed by atoms with E-state index in [-0.39, 0.29) is 55.7 Å². The summed E-state index contributed by atoms with van der Waals surface area (Å²) >= 11 is 0. The number of aliphatic hydroxyl groups excluding tert-OH is 1. The summed E-state index contributed by atoms with van der Waals surface area (Å²) in [6.45, 7) is 3.50. The Hall–Kier alpha value is -3.14. The van der Waals surface area contributed by atoms with Gasteiger partial charge in [0.25, 0.3) is 5.91 Å². The Labute approximate surface area is 173 Å². The van der Waals surface area contributed by atoms with Crippen LogP contribution in [0.3, 0.4) is 0 Å². The zero-order chi connectivity index (χ0) is 22.1. The molecule has 0 spiro atoms. The summed E-state index contributed by atoms with van der Waals surface area (Å²) in [5.74, 6) is -2.62. The third kappa shape index (κ3) is 6.18. The third-order valence-corrected chi connectivity index (χ3v) is 4.51. The van der Waals surface area contributed by atoms with E-state index >= 15 is 0 Å². The van der Waals surface area contributed by atoms with Gasteiger partial charge >= 0.3 is 12.1 Å². The predicted molar refractivity (Wildman–Crippen MR) is 105 cm³/mol. The molecule has 9 nitrogen and oxygen atoms in total. The van der Waals surface area contributed by atoms with Gasteiger partial charge in [-0.25, -0.2) is 9.18 Å². The SMILES string of the molecule is C=CCOC(=O)Nc1cc(OCCCC(=O)O)c(F)cc1C(=O)N1CCCC1CO. The maximum absolute atomic E-state index is 14.6. The first-order valence-corrected chi connectivity index (χ1v) is 9.52. The number of carboxylic acid groups (broad SMARTS) is 1. The molecule has 1 heterocycles. The van der Waals surface area contributed by atoms with Crippen LogP contribution < -0.4 is 10.1 Å². The molecule has 0 aromatic heterocycles. The van der Waals surface area contributed by atoms with Crippen LogP contribution in [0.5, 0.6) is 5.75 Å². The molecule has 164 valence electrons. The minimum atomic E-state index is -1.00. The number of carbonyl (C=O) groups is 3. The van der Waals surface area contributed by atoms with Crippen LogP contribution in [0.2, 0.25) is 0 Å². The van der Waals surface area contributed by atoms with Gasteiger partial charge in [-0.05, 0) is 25.3 Å². The van der Waals surface area contributed by atoms with Gasteiger partial charge in [0.1, 0.15) is 6.61 Å². The molecule has 1 aromatic carbocycles. The van der Waals surface area contributed by atoms with Gasteiger partial charge in [0.15, 0.2) is 11.6 Å². The first-order valence-electron chi connectivity index (χ1n) is 9.52. The van der Waals surface area contributed by atoms with Crippen LogP contribution in [0.25, 0.3) is 0 Å². The lowest BCUT2D eigenvalue weighted by Gasteiger charge is -2.24. The van der Waals surface area contributed by atoms with Gasteiger partial charge in [0, 0.05) is 19.0 Å². The molecule has 1 aliphatic heterocycles. The zero-order valence-electron chi connectivity index (χ0n) is 16.4. The molecule has 1 fully saturated rings. The highest BCUT2D eigenvalue weighted by Crippen LogP contribution is 2.30. The zero-order valence-corrected chi connectivity index (χ0v) is 16.4. The Kier molecular flexibility index (Phi) is 8.60. The Morgan fingerprint density at radius 1 is 1.37 bits per heavy atom. The number of carbonyl (C=O) groups excluding carboxylic acids is 2. The van der Waals surface area contributed by atoms with Crippen molar-refractivity contribution in [1.82, 2.24) is 4.90 Å². The van der Waals surface area contributed by atoms with Gasteiger partial charge in [0.05, 0.1) is 30.5 Å². The molecular weight excluding hydrogens is 399 g/mol. The number of carboxylic acids is 1. The molecule has 30 heavy (non-hydrogen) atoms. The van der Waals surface area contributed by atoms with E-state index in [0.717, 1.165) is 12.1 Å². The summed E-state index contributed by atoms with van der Waals surface area (Å²) in [5, 5.41) is 20.5. The van der Waals surface area contributed by atoms with Crippen molar-refractivity contribution in [3.05, 3.63) is 36.2 Å². The highest BCUT2D eigenvalue weighted by Gasteiger charge is 2.31. The lowest BCUT2D eigenvalue weighted by Crippen LogP contribution is -2.38. The number of hydrogen-bond acceptors (Lipinski definition) is 6. The molecule has 0 saturated carbocycles. The monoisotopic (exact) mass is 424 g/mol. The number of hydrogen-bond donors (Lipinski definition) is 3. The van der Waals surface area contributed by atoms with E-state index in [1.54, 1.807) is 0 Å². The van der Waals surface area contributed by atoms with Gasteiger partial charge in [-0.2, -0.15) is 0 Å². The molecule has 0 aliphatic carbocycles. The fraction of sp³-hybridized carbons (Fsp3) is 0.450. The lowest BCUT2D eigenvalue weighted by atomic mass is 10.1. The van der Waals surface area contributed by atoms with E-state index in [9.17, 15) is 23.9 Å². The molecule has 1 saturated heterocycles. The summed E-state index contributed by atoms with van der Waals surface area (Å²) in [6, 6.07) is 1.72. The molecule has 2 amide bonds. The number of anilines is 1. The van der Waals surface area contributed by atoms with E-state index in [0.29, 0.717) is 19.4 Å². The molecule has 0 radical (unpaired) electrons. The van der Waals surface area contributed by atoms with E-state index < -0.39 is 23.8 Å². The second-order valence-corrected chi connectivity index (χ2v) is 6.66. The lowest BCUT2D eigenvalue weighted by molar-refractivity contribution is -0.137. The van der Waals surface area contributed by atoms with Crippen LogP contribution in [0.4, 0.5) is 14.9 Å². The largest absolute Gasteiger partial charge is 0.490 e. The number of nitrogens with zero attached hydrogens (tertiary/aromatic N) is 1. The van der Waals surface area contributed by atoms with E-state index in [1.165, 1.54) is 11.0 Å². The minimum Gasteiger partial charge on any atom is -0.490 e. The molecular formula is C20H25FN2O7. The van der Waals surface area contributed by atoms with Crippen molar-refractivity contribution >= 4 is 23.7 Å². The molecule has 10 heteroatoms. The Morgan fingerprint density at radius 3 is 2.80 bits per heavy atom. The van der Waals surface area contributed by atoms with Gasteiger partial charge < -0.3 is 24.6 Å². The quantitative estimate of drug-likeness (QED) is 0.389. The first kappa shape index (κ1) is 23.1. The number of amides is 2. The average molecular weight is 424 g/mol. The maximum Gasteiger partial charge on any atom is 0.411 e. The predicted octanol–water partition coefficient (Wildman–Crippen LogP) is 2.40. The van der Waals surface area contributed by atoms with Crippen molar-refractivity contribution in [2.75, 3.05) is 31.7 Å². The van der Waals surface area contributed by atoms with Crippen LogP contribution in [-0.4, -0.2) is 65.5 Å². The molecule has 2 rings (SSSR count). The van der Waals surface area contributed by atoms with Crippen LogP contribution in [0, 0.1) is 5.82 Å². The smallest absolute Gasteiger partial charge is 0.411 e. The Bertz CT molecular complexity index is 800. The van der Waals surface area contributed by atoms with E-state index in [1.807, 2.05) is 0 Å². The van der Waals surface area contributed by atoms with Crippen molar-refractivity contribution in [1.29, 1.82) is 0 Å². The molecule has 1 aliphatic rings. The van der Waals surface area contributed by atoms with Crippen molar-refractivity contribution in [3.8, 4) is 5.75 Å². The van der Waals surface area contributed by atoms with Crippen molar-refractivity contribution < 1.29 is 38.5 Å². The number of ether oxygens (including phenoxy) is 2. The van der Waals surface area contributed by atoms with Crippen LogP contribution in [-0.2, 0) is 9.53 Å². The van der Waals surface area contributed by atoms with Gasteiger partial charge in [0.2, 0.25) is 0 Å². The number of likely N-dealkylation sites (tertiary alicyclic amines) is 1. The van der Waals surface area contributed by atoms with E-state index in [2.05, 4.69) is 11.9 Å². The number of aliphatic hydroxyl groups is 1. The number of aliphatic carboxylic acids is 1. The summed E-state index contributed by atoms with van der Waals surface area (Å²) in [4.78, 5) is 36.9. The molecule has 1 aromatic rings. The Morgan fingerprint density at radius 2 is 2.13 bits per heavy atom. The number of rotatable bonds is 10. The molecule has 3 N–H and O–H groups in total. The standard InChI is InChI=1S/C20H25FN2O7/c1-2-8-30-20(28)22-16-11-17(29-9-4-6-18(25)26)15(21)10-14(16)19(27)23-7-3-5-13(23)12-24/h2,10-11,13,24H,1,3-9,12H2,(H,22,28)(H,25,26). The van der Waals surface area contributed by atoms with Crippen molar-refractivity contribution in [2.45, 2.75) is 31.7 Å². The fourth-order valence-corrected chi connectivity index (χ4v) is 3.08. The van der Waals surface area contributed by atoms with Gasteiger partial charge in [-0.3, -0.25) is 14.9 Å². The number of halogens is 1. The molecule has 1 unspecified atom stereocenters. The maximum atomic E-state index is 14.6.